The summed E-state index contributed by atoms with van der Waals surface area (Å²) in [6, 6.07) is 12.8. The van der Waals surface area contributed by atoms with Crippen molar-refractivity contribution in [3.05, 3.63) is 59.4 Å². The third-order valence-corrected chi connectivity index (χ3v) is 6.14. The topological polar surface area (TPSA) is 42.0 Å². The third kappa shape index (κ3) is 4.85. The Morgan fingerprint density at radius 3 is 2.61 bits per heavy atom. The molecule has 2 aromatic carbocycles. The predicted octanol–water partition coefficient (Wildman–Crippen LogP) is 4.04. The molecule has 1 amide bonds. The van der Waals surface area contributed by atoms with E-state index in [1.54, 1.807) is 0 Å². The zero-order valence-electron chi connectivity index (χ0n) is 18.7. The number of benzene rings is 2. The summed E-state index contributed by atoms with van der Waals surface area (Å²) in [5.41, 5.74) is 1.94. The maximum Gasteiger partial charge on any atom is 0.260 e. The van der Waals surface area contributed by atoms with Crippen LogP contribution in [0.15, 0.2) is 42.5 Å². The minimum absolute atomic E-state index is 0.00470. The number of amides is 1. The van der Waals surface area contributed by atoms with Crippen molar-refractivity contribution in [1.82, 2.24) is 9.80 Å². The van der Waals surface area contributed by atoms with Gasteiger partial charge >= 0.3 is 0 Å². The highest BCUT2D eigenvalue weighted by atomic mass is 19.1. The fourth-order valence-corrected chi connectivity index (χ4v) is 4.51. The molecule has 2 heterocycles. The largest absolute Gasteiger partial charge is 0.483 e. The highest BCUT2D eigenvalue weighted by Crippen LogP contribution is 2.41. The van der Waals surface area contributed by atoms with Crippen LogP contribution in [0.3, 0.4) is 0 Å². The lowest BCUT2D eigenvalue weighted by atomic mass is 10.0. The molecule has 6 heteroatoms. The van der Waals surface area contributed by atoms with Crippen molar-refractivity contribution in [1.29, 1.82) is 0 Å². The van der Waals surface area contributed by atoms with Crippen LogP contribution in [0, 0.1) is 5.82 Å². The van der Waals surface area contributed by atoms with Crippen LogP contribution in [-0.2, 0) is 17.8 Å². The maximum absolute atomic E-state index is 13.2. The number of fused-ring (bicyclic) bond motifs is 1. The Kier molecular flexibility index (Phi) is 5.93. The first kappa shape index (κ1) is 21.6. The molecule has 0 N–H and O–H groups in total. The van der Waals surface area contributed by atoms with Crippen LogP contribution >= 0.6 is 0 Å². The summed E-state index contributed by atoms with van der Waals surface area (Å²) in [7, 11) is 0. The van der Waals surface area contributed by atoms with Crippen molar-refractivity contribution in [2.24, 2.45) is 0 Å². The molecule has 0 bridgehead atoms. The second-order valence-electron chi connectivity index (χ2n) is 9.37. The molecule has 1 saturated heterocycles. The van der Waals surface area contributed by atoms with Gasteiger partial charge in [0.05, 0.1) is 0 Å². The monoisotopic (exact) mass is 426 g/mol. The molecule has 0 spiro atoms. The summed E-state index contributed by atoms with van der Waals surface area (Å²) in [5, 5.41) is 0. The highest BCUT2D eigenvalue weighted by Gasteiger charge is 2.34. The van der Waals surface area contributed by atoms with E-state index < -0.39 is 0 Å². The fraction of sp³-hybridized carbons (Fsp3) is 0.480. The van der Waals surface area contributed by atoms with E-state index in [9.17, 15) is 9.18 Å². The maximum atomic E-state index is 13.2. The van der Waals surface area contributed by atoms with E-state index >= 15 is 0 Å². The van der Waals surface area contributed by atoms with Gasteiger partial charge in [-0.1, -0.05) is 24.3 Å². The number of ether oxygens (including phenoxy) is 2. The Morgan fingerprint density at radius 1 is 1.13 bits per heavy atom. The lowest BCUT2D eigenvalue weighted by Gasteiger charge is -2.44. The van der Waals surface area contributed by atoms with Crippen LogP contribution in [-0.4, -0.2) is 53.1 Å². The molecule has 0 radical (unpaired) electrons. The van der Waals surface area contributed by atoms with E-state index in [1.807, 2.05) is 35.2 Å². The number of rotatable bonds is 5. The Balaban J connectivity index is 1.35. The number of halogens is 1. The Labute approximate surface area is 183 Å². The second kappa shape index (κ2) is 8.50. The number of hydrogen-bond acceptors (Lipinski definition) is 4. The molecule has 2 aliphatic rings. The molecule has 4 rings (SSSR count). The van der Waals surface area contributed by atoms with Gasteiger partial charge in [0.15, 0.2) is 18.1 Å². The summed E-state index contributed by atoms with van der Waals surface area (Å²) in [6.07, 6.45) is 0.831. The zero-order valence-corrected chi connectivity index (χ0v) is 18.7. The van der Waals surface area contributed by atoms with Gasteiger partial charge in [-0.05, 0) is 51.5 Å². The molecular weight excluding hydrogens is 395 g/mol. The molecular formula is C25H31FN2O3. The van der Waals surface area contributed by atoms with Gasteiger partial charge < -0.3 is 14.4 Å². The van der Waals surface area contributed by atoms with E-state index in [0.29, 0.717) is 12.3 Å². The summed E-state index contributed by atoms with van der Waals surface area (Å²) < 4.78 is 25.1. The normalized spacial score (nSPS) is 22.7. The number of nitrogens with zero attached hydrogens (tertiary/aromatic N) is 2. The summed E-state index contributed by atoms with van der Waals surface area (Å²) in [6.45, 7) is 10.4. The van der Waals surface area contributed by atoms with Crippen LogP contribution in [0.4, 0.5) is 4.39 Å². The van der Waals surface area contributed by atoms with Crippen LogP contribution in [0.1, 0.15) is 38.8 Å². The van der Waals surface area contributed by atoms with Crippen molar-refractivity contribution >= 4 is 5.91 Å². The van der Waals surface area contributed by atoms with Crippen molar-refractivity contribution in [3.8, 4) is 11.5 Å². The molecule has 0 saturated carbocycles. The lowest BCUT2D eigenvalue weighted by Crippen LogP contribution is -2.58. The van der Waals surface area contributed by atoms with E-state index in [-0.39, 0.29) is 36.0 Å². The molecule has 2 aromatic rings. The van der Waals surface area contributed by atoms with E-state index in [2.05, 4.69) is 32.6 Å². The Morgan fingerprint density at radius 2 is 1.87 bits per heavy atom. The summed E-state index contributed by atoms with van der Waals surface area (Å²) in [5.74, 6) is 1.15. The molecule has 0 aliphatic carbocycles. The minimum Gasteiger partial charge on any atom is -0.483 e. The molecule has 5 nitrogen and oxygen atoms in total. The van der Waals surface area contributed by atoms with Crippen LogP contribution in [0.2, 0.25) is 0 Å². The lowest BCUT2D eigenvalue weighted by molar-refractivity contribution is -0.139. The molecule has 2 atom stereocenters. The SMILES string of the molecule is C[C@@H]1CN(Cc2ccc(F)cc2)[C@@H](C)CN1C(=O)COc1cccc2c1OC(C)(C)C2. The van der Waals surface area contributed by atoms with Crippen LogP contribution < -0.4 is 9.47 Å². The van der Waals surface area contributed by atoms with Crippen LogP contribution in [0.25, 0.3) is 0 Å². The van der Waals surface area contributed by atoms with Gasteiger partial charge in [0, 0.05) is 43.7 Å². The number of carbonyl (C=O) groups is 1. The average Bonchev–Trinajstić information content (AvgIpc) is 3.04. The van der Waals surface area contributed by atoms with E-state index in [1.165, 1.54) is 12.1 Å². The average molecular weight is 427 g/mol. The molecule has 166 valence electrons. The fourth-order valence-electron chi connectivity index (χ4n) is 4.51. The quantitative estimate of drug-likeness (QED) is 0.724. The van der Waals surface area contributed by atoms with Gasteiger partial charge in [-0.25, -0.2) is 4.39 Å². The van der Waals surface area contributed by atoms with Gasteiger partial charge in [-0.2, -0.15) is 0 Å². The number of piperazine rings is 1. The Bertz CT molecular complexity index is 944. The zero-order chi connectivity index (χ0) is 22.2. The molecule has 31 heavy (non-hydrogen) atoms. The minimum atomic E-state index is -0.253. The van der Waals surface area contributed by atoms with Crippen molar-refractivity contribution in [2.45, 2.75) is 58.3 Å². The first-order valence-corrected chi connectivity index (χ1v) is 10.9. The highest BCUT2D eigenvalue weighted by molar-refractivity contribution is 5.78. The molecule has 0 unspecified atom stereocenters. The van der Waals surface area contributed by atoms with Gasteiger partial charge in [0.1, 0.15) is 11.4 Å². The first-order valence-electron chi connectivity index (χ1n) is 10.9. The first-order chi connectivity index (χ1) is 14.7. The summed E-state index contributed by atoms with van der Waals surface area (Å²) in [4.78, 5) is 17.2. The molecule has 1 fully saturated rings. The van der Waals surface area contributed by atoms with Gasteiger partial charge in [0.25, 0.3) is 5.91 Å². The van der Waals surface area contributed by atoms with E-state index in [0.717, 1.165) is 36.4 Å². The smallest absolute Gasteiger partial charge is 0.260 e. The van der Waals surface area contributed by atoms with Gasteiger partial charge in [-0.15, -0.1) is 0 Å². The Hall–Kier alpha value is -2.60. The third-order valence-electron chi connectivity index (χ3n) is 6.14. The molecule has 0 aromatic heterocycles. The van der Waals surface area contributed by atoms with Gasteiger partial charge in [0.2, 0.25) is 0 Å². The van der Waals surface area contributed by atoms with Crippen molar-refractivity contribution < 1.29 is 18.7 Å². The second-order valence-corrected chi connectivity index (χ2v) is 9.37. The van der Waals surface area contributed by atoms with Gasteiger partial charge in [-0.3, -0.25) is 9.69 Å². The van der Waals surface area contributed by atoms with Crippen molar-refractivity contribution in [3.63, 3.8) is 0 Å². The number of hydrogen-bond donors (Lipinski definition) is 0. The molecule has 2 aliphatic heterocycles. The van der Waals surface area contributed by atoms with Crippen molar-refractivity contribution in [2.75, 3.05) is 19.7 Å². The predicted molar refractivity (Wildman–Crippen MR) is 118 cm³/mol. The number of para-hydroxylation sites is 1. The van der Waals surface area contributed by atoms with E-state index in [4.69, 9.17) is 9.47 Å². The number of carbonyl (C=O) groups excluding carboxylic acids is 1. The van der Waals surface area contributed by atoms with Crippen LogP contribution in [0.5, 0.6) is 11.5 Å². The standard InChI is InChI=1S/C25H31FN2O3/c1-17-14-28(18(2)13-27(17)15-19-8-10-21(26)11-9-19)23(29)16-30-22-7-5-6-20-12-25(3,4)31-24(20)22/h5-11,17-18H,12-16H2,1-4H3/t17-,18+/m0/s1. The summed E-state index contributed by atoms with van der Waals surface area (Å²) >= 11 is 0.